The Morgan fingerprint density at radius 3 is 2.81 bits per heavy atom. The van der Waals surface area contributed by atoms with Gasteiger partial charge in [-0.1, -0.05) is 0 Å². The number of hydrogen-bond acceptors (Lipinski definition) is 3. The first kappa shape index (κ1) is 13.6. The SMILES string of the molecule is CC(CS(C)=O)NC(=O)C1CCCC(C)N1. The van der Waals surface area contributed by atoms with Gasteiger partial charge in [0.05, 0.1) is 6.04 Å². The first-order chi connectivity index (χ1) is 7.49. The zero-order chi connectivity index (χ0) is 12.1. The van der Waals surface area contributed by atoms with E-state index in [2.05, 4.69) is 17.6 Å². The van der Waals surface area contributed by atoms with E-state index in [0.717, 1.165) is 19.3 Å². The minimum atomic E-state index is -0.859. The van der Waals surface area contributed by atoms with Crippen LogP contribution in [0.1, 0.15) is 33.1 Å². The summed E-state index contributed by atoms with van der Waals surface area (Å²) in [5, 5.41) is 6.19. The Bertz CT molecular complexity index is 271. The van der Waals surface area contributed by atoms with Gasteiger partial charge in [-0.25, -0.2) is 0 Å². The third kappa shape index (κ3) is 4.61. The van der Waals surface area contributed by atoms with Crippen LogP contribution in [0.5, 0.6) is 0 Å². The molecule has 5 heteroatoms. The van der Waals surface area contributed by atoms with Crippen LogP contribution >= 0.6 is 0 Å². The van der Waals surface area contributed by atoms with Gasteiger partial charge in [0.25, 0.3) is 0 Å². The highest BCUT2D eigenvalue weighted by atomic mass is 32.2. The second kappa shape index (κ2) is 6.35. The van der Waals surface area contributed by atoms with Crippen molar-refractivity contribution < 1.29 is 9.00 Å². The van der Waals surface area contributed by atoms with Gasteiger partial charge in [0.2, 0.25) is 5.91 Å². The highest BCUT2D eigenvalue weighted by Crippen LogP contribution is 2.12. The molecule has 0 aromatic heterocycles. The van der Waals surface area contributed by atoms with Crippen molar-refractivity contribution in [3.05, 3.63) is 0 Å². The molecule has 1 aliphatic heterocycles. The number of carbonyl (C=O) groups is 1. The smallest absolute Gasteiger partial charge is 0.237 e. The van der Waals surface area contributed by atoms with E-state index < -0.39 is 10.8 Å². The average molecular weight is 246 g/mol. The summed E-state index contributed by atoms with van der Waals surface area (Å²) >= 11 is 0. The van der Waals surface area contributed by atoms with Gasteiger partial charge in [-0.15, -0.1) is 0 Å². The molecular weight excluding hydrogens is 224 g/mol. The van der Waals surface area contributed by atoms with Gasteiger partial charge in [-0.3, -0.25) is 9.00 Å². The molecule has 0 spiro atoms. The number of rotatable bonds is 4. The fraction of sp³-hybridized carbons (Fsp3) is 0.909. The lowest BCUT2D eigenvalue weighted by Gasteiger charge is -2.28. The maximum absolute atomic E-state index is 11.9. The van der Waals surface area contributed by atoms with Gasteiger partial charge >= 0.3 is 0 Å². The van der Waals surface area contributed by atoms with Crippen molar-refractivity contribution in [2.75, 3.05) is 12.0 Å². The van der Waals surface area contributed by atoms with E-state index in [1.807, 2.05) is 6.92 Å². The molecule has 1 aliphatic rings. The molecule has 4 nitrogen and oxygen atoms in total. The third-order valence-corrected chi connectivity index (χ3v) is 3.77. The van der Waals surface area contributed by atoms with Crippen molar-refractivity contribution in [2.24, 2.45) is 0 Å². The van der Waals surface area contributed by atoms with Crippen molar-refractivity contribution in [1.82, 2.24) is 10.6 Å². The number of hydrogen-bond donors (Lipinski definition) is 2. The second-order valence-electron chi connectivity index (χ2n) is 4.70. The van der Waals surface area contributed by atoms with Crippen LogP contribution in [0, 0.1) is 0 Å². The molecule has 1 amide bonds. The van der Waals surface area contributed by atoms with E-state index in [9.17, 15) is 9.00 Å². The standard InChI is InChI=1S/C11H22N2O2S/c1-8-5-4-6-10(12-8)11(14)13-9(2)7-16(3)15/h8-10,12H,4-7H2,1-3H3,(H,13,14). The topological polar surface area (TPSA) is 58.2 Å². The van der Waals surface area contributed by atoms with Gasteiger partial charge in [-0.05, 0) is 33.1 Å². The van der Waals surface area contributed by atoms with Crippen molar-refractivity contribution >= 4 is 16.7 Å². The van der Waals surface area contributed by atoms with Crippen molar-refractivity contribution in [3.8, 4) is 0 Å². The molecule has 0 bridgehead atoms. The van der Waals surface area contributed by atoms with Gasteiger partial charge in [-0.2, -0.15) is 0 Å². The summed E-state index contributed by atoms with van der Waals surface area (Å²) in [4.78, 5) is 11.9. The molecule has 0 radical (unpaired) electrons. The van der Waals surface area contributed by atoms with Gasteiger partial charge in [0, 0.05) is 34.9 Å². The molecule has 1 heterocycles. The number of amides is 1. The summed E-state index contributed by atoms with van der Waals surface area (Å²) in [6.07, 6.45) is 4.79. The Balaban J connectivity index is 2.36. The number of nitrogens with one attached hydrogen (secondary N) is 2. The summed E-state index contributed by atoms with van der Waals surface area (Å²) < 4.78 is 11.0. The van der Waals surface area contributed by atoms with E-state index in [-0.39, 0.29) is 18.0 Å². The maximum atomic E-state index is 11.9. The second-order valence-corrected chi connectivity index (χ2v) is 6.18. The summed E-state index contributed by atoms with van der Waals surface area (Å²) in [6.45, 7) is 4.00. The van der Waals surface area contributed by atoms with Crippen LogP contribution in [-0.2, 0) is 15.6 Å². The molecule has 0 aromatic rings. The predicted molar refractivity (Wildman–Crippen MR) is 66.8 cm³/mol. The molecule has 0 aromatic carbocycles. The maximum Gasteiger partial charge on any atom is 0.237 e. The first-order valence-electron chi connectivity index (χ1n) is 5.85. The molecular formula is C11H22N2O2S. The van der Waals surface area contributed by atoms with E-state index in [1.54, 1.807) is 6.26 Å². The van der Waals surface area contributed by atoms with Crippen LogP contribution in [0.25, 0.3) is 0 Å². The Kier molecular flexibility index (Phi) is 5.41. The minimum Gasteiger partial charge on any atom is -0.351 e. The molecule has 0 saturated carbocycles. The largest absolute Gasteiger partial charge is 0.351 e. The summed E-state index contributed by atoms with van der Waals surface area (Å²) in [5.74, 6) is 0.568. The fourth-order valence-corrected chi connectivity index (χ4v) is 2.87. The van der Waals surface area contributed by atoms with Crippen LogP contribution in [0.3, 0.4) is 0 Å². The first-order valence-corrected chi connectivity index (χ1v) is 7.58. The predicted octanol–water partition coefficient (Wildman–Crippen LogP) is 0.400. The lowest BCUT2D eigenvalue weighted by atomic mass is 9.99. The van der Waals surface area contributed by atoms with E-state index in [1.165, 1.54) is 0 Å². The molecule has 4 atom stereocenters. The molecule has 1 saturated heterocycles. The lowest BCUT2D eigenvalue weighted by Crippen LogP contribution is -2.52. The van der Waals surface area contributed by atoms with Crippen LogP contribution in [0.2, 0.25) is 0 Å². The molecule has 2 N–H and O–H groups in total. The summed E-state index contributed by atoms with van der Waals surface area (Å²) in [5.41, 5.74) is 0. The van der Waals surface area contributed by atoms with Crippen molar-refractivity contribution in [2.45, 2.75) is 51.2 Å². The molecule has 0 aliphatic carbocycles. The van der Waals surface area contributed by atoms with Crippen LogP contribution in [0.4, 0.5) is 0 Å². The molecule has 94 valence electrons. The highest BCUT2D eigenvalue weighted by molar-refractivity contribution is 7.84. The quantitative estimate of drug-likeness (QED) is 0.755. The Labute approximate surface area is 100 Å². The van der Waals surface area contributed by atoms with Crippen LogP contribution in [-0.4, -0.2) is 40.3 Å². The van der Waals surface area contributed by atoms with Crippen molar-refractivity contribution in [3.63, 3.8) is 0 Å². The summed E-state index contributed by atoms with van der Waals surface area (Å²) in [7, 11) is -0.859. The van der Waals surface area contributed by atoms with Gasteiger partial charge in [0.1, 0.15) is 0 Å². The van der Waals surface area contributed by atoms with Gasteiger partial charge < -0.3 is 10.6 Å². The normalized spacial score (nSPS) is 29.4. The average Bonchev–Trinajstić information content (AvgIpc) is 2.16. The van der Waals surface area contributed by atoms with E-state index in [0.29, 0.717) is 11.8 Å². The minimum absolute atomic E-state index is 0.0163. The molecule has 1 rings (SSSR count). The fourth-order valence-electron chi connectivity index (χ4n) is 2.08. The number of piperidine rings is 1. The summed E-state index contributed by atoms with van der Waals surface area (Å²) in [6, 6.07) is 0.328. The Hall–Kier alpha value is -0.420. The molecule has 16 heavy (non-hydrogen) atoms. The highest BCUT2D eigenvalue weighted by Gasteiger charge is 2.24. The Morgan fingerprint density at radius 1 is 1.56 bits per heavy atom. The lowest BCUT2D eigenvalue weighted by molar-refractivity contribution is -0.124. The van der Waals surface area contributed by atoms with Gasteiger partial charge in [0.15, 0.2) is 0 Å². The van der Waals surface area contributed by atoms with Crippen molar-refractivity contribution in [1.29, 1.82) is 0 Å². The van der Waals surface area contributed by atoms with E-state index in [4.69, 9.17) is 0 Å². The zero-order valence-corrected chi connectivity index (χ0v) is 11.1. The third-order valence-electron chi connectivity index (χ3n) is 2.81. The molecule has 4 unspecified atom stereocenters. The van der Waals surface area contributed by atoms with E-state index >= 15 is 0 Å². The zero-order valence-electron chi connectivity index (χ0n) is 10.3. The number of carbonyl (C=O) groups excluding carboxylic acids is 1. The Morgan fingerprint density at radius 2 is 2.25 bits per heavy atom. The van der Waals surface area contributed by atoms with Crippen LogP contribution < -0.4 is 10.6 Å². The van der Waals surface area contributed by atoms with Crippen LogP contribution in [0.15, 0.2) is 0 Å². The monoisotopic (exact) mass is 246 g/mol. The molecule has 1 fully saturated rings.